The molecule has 0 N–H and O–H groups in total. The molecule has 4 rings (SSSR count). The van der Waals surface area contributed by atoms with Crippen molar-refractivity contribution in [2.75, 3.05) is 0 Å². The molecular formula is C21H15F. The van der Waals surface area contributed by atoms with E-state index < -0.39 is 0 Å². The predicted molar refractivity (Wildman–Crippen MR) is 88.9 cm³/mol. The lowest BCUT2D eigenvalue weighted by Crippen LogP contribution is -1.89. The predicted octanol–water partition coefficient (Wildman–Crippen LogP) is 5.34. The lowest BCUT2D eigenvalue weighted by Gasteiger charge is -2.09. The van der Waals surface area contributed by atoms with Crippen LogP contribution in [0.15, 0.2) is 78.9 Å². The molecule has 0 radical (unpaired) electrons. The van der Waals surface area contributed by atoms with E-state index in [0.717, 1.165) is 17.5 Å². The second-order valence-corrected chi connectivity index (χ2v) is 5.56. The van der Waals surface area contributed by atoms with Gasteiger partial charge in [-0.1, -0.05) is 66.7 Å². The Bertz CT molecular complexity index is 846. The summed E-state index contributed by atoms with van der Waals surface area (Å²) in [6.45, 7) is 0. The van der Waals surface area contributed by atoms with Crippen molar-refractivity contribution in [2.24, 2.45) is 0 Å². The van der Waals surface area contributed by atoms with E-state index in [1.54, 1.807) is 12.1 Å². The van der Waals surface area contributed by atoms with Gasteiger partial charge in [0.15, 0.2) is 0 Å². The summed E-state index contributed by atoms with van der Waals surface area (Å²) < 4.78 is 13.6. The highest BCUT2D eigenvalue weighted by atomic mass is 19.1. The number of benzene rings is 3. The van der Waals surface area contributed by atoms with Crippen molar-refractivity contribution >= 4 is 11.1 Å². The Morgan fingerprint density at radius 3 is 2.00 bits per heavy atom. The van der Waals surface area contributed by atoms with Crippen LogP contribution < -0.4 is 0 Å². The van der Waals surface area contributed by atoms with Crippen LogP contribution >= 0.6 is 0 Å². The van der Waals surface area contributed by atoms with Gasteiger partial charge in [0.25, 0.3) is 0 Å². The molecule has 106 valence electrons. The molecule has 0 saturated carbocycles. The Morgan fingerprint density at radius 2 is 1.32 bits per heavy atom. The molecule has 0 aromatic heterocycles. The van der Waals surface area contributed by atoms with Gasteiger partial charge in [-0.2, -0.15) is 0 Å². The van der Waals surface area contributed by atoms with Crippen LogP contribution in [0.2, 0.25) is 0 Å². The molecule has 0 heterocycles. The highest BCUT2D eigenvalue weighted by molar-refractivity contribution is 6.03. The molecule has 1 aliphatic carbocycles. The average Bonchev–Trinajstić information content (AvgIpc) is 2.95. The number of fused-ring (bicyclic) bond motifs is 1. The van der Waals surface area contributed by atoms with Crippen molar-refractivity contribution in [3.63, 3.8) is 0 Å². The third kappa shape index (κ3) is 2.15. The summed E-state index contributed by atoms with van der Waals surface area (Å²) in [7, 11) is 0. The van der Waals surface area contributed by atoms with Gasteiger partial charge in [-0.05, 0) is 52.0 Å². The molecule has 0 nitrogen and oxygen atoms in total. The van der Waals surface area contributed by atoms with Crippen LogP contribution in [0.3, 0.4) is 0 Å². The zero-order chi connectivity index (χ0) is 14.9. The zero-order valence-electron chi connectivity index (χ0n) is 12.1. The first-order valence-corrected chi connectivity index (χ1v) is 7.46. The van der Waals surface area contributed by atoms with Crippen LogP contribution in [0.1, 0.15) is 22.3 Å². The van der Waals surface area contributed by atoms with Gasteiger partial charge in [-0.3, -0.25) is 0 Å². The standard InChI is InChI=1S/C21H15F/c22-18-11-12-19-17(13-18)14-20(15-7-3-1-4-8-15)21(19)16-9-5-2-6-10-16/h1-13H,14H2. The van der Waals surface area contributed by atoms with Crippen LogP contribution in [-0.2, 0) is 6.42 Å². The first-order chi connectivity index (χ1) is 10.8. The molecule has 1 aliphatic rings. The van der Waals surface area contributed by atoms with Crippen molar-refractivity contribution in [2.45, 2.75) is 6.42 Å². The van der Waals surface area contributed by atoms with E-state index in [-0.39, 0.29) is 5.82 Å². The van der Waals surface area contributed by atoms with Crippen LogP contribution in [0.5, 0.6) is 0 Å². The van der Waals surface area contributed by atoms with Gasteiger partial charge in [0.1, 0.15) is 5.82 Å². The Hall–Kier alpha value is -2.67. The zero-order valence-corrected chi connectivity index (χ0v) is 12.1. The fraction of sp³-hybridized carbons (Fsp3) is 0.0476. The van der Waals surface area contributed by atoms with E-state index in [4.69, 9.17) is 0 Å². The summed E-state index contributed by atoms with van der Waals surface area (Å²) >= 11 is 0. The van der Waals surface area contributed by atoms with E-state index in [2.05, 4.69) is 36.4 Å². The molecule has 0 saturated heterocycles. The molecule has 0 fully saturated rings. The monoisotopic (exact) mass is 286 g/mol. The van der Waals surface area contributed by atoms with Crippen LogP contribution in [0.4, 0.5) is 4.39 Å². The smallest absolute Gasteiger partial charge is 0.123 e. The molecule has 22 heavy (non-hydrogen) atoms. The van der Waals surface area contributed by atoms with Gasteiger partial charge in [-0.15, -0.1) is 0 Å². The fourth-order valence-electron chi connectivity index (χ4n) is 3.21. The summed E-state index contributed by atoms with van der Waals surface area (Å²) in [6.07, 6.45) is 0.779. The SMILES string of the molecule is Fc1ccc2c(c1)CC(c1ccccc1)=C2c1ccccc1. The Balaban J connectivity index is 1.96. The molecule has 0 unspecified atom stereocenters. The maximum atomic E-state index is 13.6. The summed E-state index contributed by atoms with van der Waals surface area (Å²) in [4.78, 5) is 0. The van der Waals surface area contributed by atoms with Crippen LogP contribution in [0.25, 0.3) is 11.1 Å². The normalized spacial score (nSPS) is 13.3. The van der Waals surface area contributed by atoms with Gasteiger partial charge in [0.2, 0.25) is 0 Å². The van der Waals surface area contributed by atoms with Gasteiger partial charge in [0.05, 0.1) is 0 Å². The maximum absolute atomic E-state index is 13.6. The van der Waals surface area contributed by atoms with Crippen LogP contribution in [-0.4, -0.2) is 0 Å². The van der Waals surface area contributed by atoms with E-state index in [0.29, 0.717) is 0 Å². The highest BCUT2D eigenvalue weighted by Gasteiger charge is 2.23. The second-order valence-electron chi connectivity index (χ2n) is 5.56. The molecular weight excluding hydrogens is 271 g/mol. The first-order valence-electron chi connectivity index (χ1n) is 7.46. The second kappa shape index (κ2) is 5.27. The largest absolute Gasteiger partial charge is 0.207 e. The Morgan fingerprint density at radius 1 is 0.682 bits per heavy atom. The molecule has 0 bridgehead atoms. The van der Waals surface area contributed by atoms with Crippen molar-refractivity contribution in [3.05, 3.63) is 107 Å². The van der Waals surface area contributed by atoms with Gasteiger partial charge in [0, 0.05) is 0 Å². The van der Waals surface area contributed by atoms with E-state index >= 15 is 0 Å². The third-order valence-electron chi connectivity index (χ3n) is 4.19. The third-order valence-corrected chi connectivity index (χ3v) is 4.19. The molecule has 0 amide bonds. The number of rotatable bonds is 2. The first kappa shape index (κ1) is 13.0. The number of hydrogen-bond donors (Lipinski definition) is 0. The van der Waals surface area contributed by atoms with Crippen molar-refractivity contribution < 1.29 is 4.39 Å². The van der Waals surface area contributed by atoms with Crippen molar-refractivity contribution in [1.82, 2.24) is 0 Å². The molecule has 0 spiro atoms. The molecule has 0 aliphatic heterocycles. The molecule has 3 aromatic carbocycles. The quantitative estimate of drug-likeness (QED) is 0.596. The van der Waals surface area contributed by atoms with Crippen LogP contribution in [0, 0.1) is 5.82 Å². The molecule has 1 heteroatoms. The van der Waals surface area contributed by atoms with Gasteiger partial charge >= 0.3 is 0 Å². The minimum Gasteiger partial charge on any atom is -0.207 e. The lowest BCUT2D eigenvalue weighted by atomic mass is 9.94. The summed E-state index contributed by atoms with van der Waals surface area (Å²) in [5.74, 6) is -0.166. The van der Waals surface area contributed by atoms with E-state index in [1.165, 1.54) is 22.3 Å². The molecule has 0 atom stereocenters. The summed E-state index contributed by atoms with van der Waals surface area (Å²) in [5, 5.41) is 0. The van der Waals surface area contributed by atoms with Crippen molar-refractivity contribution in [3.8, 4) is 0 Å². The van der Waals surface area contributed by atoms with Gasteiger partial charge < -0.3 is 0 Å². The fourth-order valence-corrected chi connectivity index (χ4v) is 3.21. The molecule has 3 aromatic rings. The Labute approximate surface area is 129 Å². The van der Waals surface area contributed by atoms with Crippen molar-refractivity contribution in [1.29, 1.82) is 0 Å². The summed E-state index contributed by atoms with van der Waals surface area (Å²) in [6, 6.07) is 25.9. The maximum Gasteiger partial charge on any atom is 0.123 e. The minimum atomic E-state index is -0.166. The lowest BCUT2D eigenvalue weighted by molar-refractivity contribution is 0.626. The van der Waals surface area contributed by atoms with E-state index in [9.17, 15) is 4.39 Å². The number of allylic oxidation sites excluding steroid dienone is 1. The topological polar surface area (TPSA) is 0 Å². The average molecular weight is 286 g/mol. The Kier molecular flexibility index (Phi) is 3.12. The van der Waals surface area contributed by atoms with Gasteiger partial charge in [-0.25, -0.2) is 4.39 Å². The van der Waals surface area contributed by atoms with E-state index in [1.807, 2.05) is 30.3 Å². The number of hydrogen-bond acceptors (Lipinski definition) is 0. The number of halogens is 1. The minimum absolute atomic E-state index is 0.166. The highest BCUT2D eigenvalue weighted by Crippen LogP contribution is 2.42. The summed E-state index contributed by atoms with van der Waals surface area (Å²) in [5.41, 5.74) is 7.10.